The third kappa shape index (κ3) is 1.86. The molecule has 1 fully saturated rings. The Morgan fingerprint density at radius 3 is 2.62 bits per heavy atom. The Bertz CT molecular complexity index is 822. The number of imide groups is 2. The molecule has 7 nitrogen and oxygen atoms in total. The van der Waals surface area contributed by atoms with E-state index in [2.05, 4.69) is 5.32 Å². The van der Waals surface area contributed by atoms with Crippen molar-refractivity contribution in [3.63, 3.8) is 0 Å². The summed E-state index contributed by atoms with van der Waals surface area (Å²) in [6.07, 6.45) is -0.236. The minimum absolute atomic E-state index is 0.113. The quantitative estimate of drug-likeness (QED) is 0.559. The van der Waals surface area contributed by atoms with E-state index >= 15 is 4.39 Å². The topological polar surface area (TPSA) is 95.6 Å². The van der Waals surface area contributed by atoms with Crippen LogP contribution in [-0.4, -0.2) is 40.9 Å². The molecule has 1 atom stereocenters. The van der Waals surface area contributed by atoms with Crippen molar-refractivity contribution in [3.8, 4) is 0 Å². The van der Waals surface area contributed by atoms with E-state index in [1.807, 2.05) is 5.32 Å². The fourth-order valence-electron chi connectivity index (χ4n) is 3.54. The largest absolute Gasteiger partial charge is 0.312 e. The van der Waals surface area contributed by atoms with Crippen molar-refractivity contribution in [2.75, 3.05) is 6.54 Å². The lowest BCUT2D eigenvalue weighted by atomic mass is 9.92. The average Bonchev–Trinajstić information content (AvgIpc) is 2.83. The van der Waals surface area contributed by atoms with Gasteiger partial charge in [0.25, 0.3) is 23.5 Å². The number of piperidine rings is 1. The molecule has 1 saturated heterocycles. The van der Waals surface area contributed by atoms with Gasteiger partial charge in [-0.3, -0.25) is 24.5 Å². The van der Waals surface area contributed by atoms with Gasteiger partial charge >= 0.3 is 0 Å². The van der Waals surface area contributed by atoms with Gasteiger partial charge in [0.2, 0.25) is 5.91 Å². The second kappa shape index (κ2) is 4.94. The molecule has 124 valence electrons. The Morgan fingerprint density at radius 1 is 1.08 bits per heavy atom. The number of halogens is 1. The van der Waals surface area contributed by atoms with Crippen LogP contribution < -0.4 is 10.6 Å². The van der Waals surface area contributed by atoms with Crippen LogP contribution in [0, 0.1) is 0 Å². The van der Waals surface area contributed by atoms with Crippen LogP contribution in [0.2, 0.25) is 0 Å². The molecule has 1 aromatic rings. The lowest BCUT2D eigenvalue weighted by Gasteiger charge is -2.34. The zero-order valence-electron chi connectivity index (χ0n) is 12.6. The van der Waals surface area contributed by atoms with Gasteiger partial charge in [-0.15, -0.1) is 0 Å². The summed E-state index contributed by atoms with van der Waals surface area (Å²) in [6, 6.07) is 3.24. The van der Waals surface area contributed by atoms with Crippen LogP contribution in [0.5, 0.6) is 0 Å². The molecule has 0 spiro atoms. The summed E-state index contributed by atoms with van der Waals surface area (Å²) in [6.45, 7) is 1.22. The summed E-state index contributed by atoms with van der Waals surface area (Å²) >= 11 is 0. The van der Waals surface area contributed by atoms with Crippen LogP contribution in [0.3, 0.4) is 0 Å². The number of hydrogen-bond donors (Lipinski definition) is 2. The number of benzene rings is 1. The minimum Gasteiger partial charge on any atom is -0.312 e. The predicted octanol–water partition coefficient (Wildman–Crippen LogP) is 0.0307. The van der Waals surface area contributed by atoms with Gasteiger partial charge < -0.3 is 5.32 Å². The van der Waals surface area contributed by atoms with E-state index in [9.17, 15) is 19.2 Å². The first-order valence-corrected chi connectivity index (χ1v) is 7.71. The Kier molecular flexibility index (Phi) is 3.08. The van der Waals surface area contributed by atoms with Crippen molar-refractivity contribution >= 4 is 23.6 Å². The predicted molar refractivity (Wildman–Crippen MR) is 78.6 cm³/mol. The fraction of sp³-hybridized carbons (Fsp3) is 0.375. The number of carbonyl (C=O) groups is 4. The number of fused-ring (bicyclic) bond motifs is 3. The molecule has 3 aliphatic heterocycles. The highest BCUT2D eigenvalue weighted by Gasteiger charge is 2.57. The Balaban J connectivity index is 1.80. The molecule has 0 radical (unpaired) electrons. The summed E-state index contributed by atoms with van der Waals surface area (Å²) in [5.41, 5.74) is 1.91. The summed E-state index contributed by atoms with van der Waals surface area (Å²) in [5.74, 6) is -6.35. The van der Waals surface area contributed by atoms with E-state index in [0.29, 0.717) is 24.4 Å². The van der Waals surface area contributed by atoms with Crippen LogP contribution in [0.25, 0.3) is 0 Å². The van der Waals surface area contributed by atoms with Crippen LogP contribution in [0.4, 0.5) is 4.39 Å². The van der Waals surface area contributed by atoms with E-state index in [-0.39, 0.29) is 17.5 Å². The third-order valence-electron chi connectivity index (χ3n) is 4.77. The molecular weight excluding hydrogens is 317 g/mol. The molecule has 2 N–H and O–H groups in total. The maximum absolute atomic E-state index is 15.3. The standard InChI is InChI=1S/C16H14FN3O4/c17-16(5-3-11(21)19-15(16)24)20-13(22)10-2-1-8-7-18-6-4-9(8)12(10)14(20)23/h1-2,18H,3-7H2,(H,19,21,24). The number of nitrogens with zero attached hydrogens (tertiary/aromatic N) is 1. The lowest BCUT2D eigenvalue weighted by Crippen LogP contribution is -2.62. The van der Waals surface area contributed by atoms with Crippen LogP contribution in [0.1, 0.15) is 44.7 Å². The Morgan fingerprint density at radius 2 is 1.88 bits per heavy atom. The molecule has 4 rings (SSSR count). The second-order valence-corrected chi connectivity index (χ2v) is 6.13. The van der Waals surface area contributed by atoms with Crippen molar-refractivity contribution in [3.05, 3.63) is 34.4 Å². The van der Waals surface area contributed by atoms with Crippen molar-refractivity contribution in [1.29, 1.82) is 0 Å². The normalized spacial score (nSPS) is 26.3. The zero-order chi connectivity index (χ0) is 17.1. The highest BCUT2D eigenvalue weighted by molar-refractivity contribution is 6.24. The molecule has 0 bridgehead atoms. The molecule has 0 aliphatic carbocycles. The molecule has 1 unspecified atom stereocenters. The van der Waals surface area contributed by atoms with Crippen LogP contribution >= 0.6 is 0 Å². The minimum atomic E-state index is -2.83. The van der Waals surface area contributed by atoms with E-state index in [1.54, 1.807) is 6.07 Å². The summed E-state index contributed by atoms with van der Waals surface area (Å²) < 4.78 is 15.3. The number of alkyl halides is 1. The molecule has 8 heteroatoms. The van der Waals surface area contributed by atoms with E-state index in [0.717, 1.165) is 11.1 Å². The molecule has 24 heavy (non-hydrogen) atoms. The van der Waals surface area contributed by atoms with E-state index in [4.69, 9.17) is 0 Å². The maximum atomic E-state index is 15.3. The zero-order valence-corrected chi connectivity index (χ0v) is 12.6. The van der Waals surface area contributed by atoms with Crippen molar-refractivity contribution in [2.45, 2.75) is 31.6 Å². The van der Waals surface area contributed by atoms with Gasteiger partial charge in [0, 0.05) is 19.4 Å². The number of rotatable bonds is 1. The Labute approximate surface area is 136 Å². The first kappa shape index (κ1) is 14.9. The number of carbonyl (C=O) groups excluding carboxylic acids is 4. The number of amides is 4. The molecule has 0 saturated carbocycles. The maximum Gasteiger partial charge on any atom is 0.285 e. The first-order valence-electron chi connectivity index (χ1n) is 7.71. The monoisotopic (exact) mass is 331 g/mol. The van der Waals surface area contributed by atoms with Gasteiger partial charge in [0.15, 0.2) is 0 Å². The van der Waals surface area contributed by atoms with E-state index < -0.39 is 35.8 Å². The summed E-state index contributed by atoms with van der Waals surface area (Å²) in [7, 11) is 0. The highest BCUT2D eigenvalue weighted by atomic mass is 19.1. The second-order valence-electron chi connectivity index (χ2n) is 6.13. The van der Waals surface area contributed by atoms with Gasteiger partial charge in [-0.25, -0.2) is 9.29 Å². The van der Waals surface area contributed by atoms with Gasteiger partial charge in [-0.1, -0.05) is 6.07 Å². The highest BCUT2D eigenvalue weighted by Crippen LogP contribution is 2.37. The third-order valence-corrected chi connectivity index (χ3v) is 4.77. The first-order chi connectivity index (χ1) is 11.4. The van der Waals surface area contributed by atoms with Crippen molar-refractivity contribution in [1.82, 2.24) is 15.5 Å². The van der Waals surface area contributed by atoms with Crippen LogP contribution in [0.15, 0.2) is 12.1 Å². The fourth-order valence-corrected chi connectivity index (χ4v) is 3.54. The SMILES string of the molecule is O=C1CCC(F)(N2C(=O)c3ccc4c(c3C2=O)CCNC4)C(=O)N1. The van der Waals surface area contributed by atoms with Crippen molar-refractivity contribution < 1.29 is 23.6 Å². The molecule has 4 amide bonds. The molecule has 0 aromatic heterocycles. The number of hydrogen-bond acceptors (Lipinski definition) is 5. The molecule has 3 aliphatic rings. The smallest absolute Gasteiger partial charge is 0.285 e. The Hall–Kier alpha value is -2.61. The number of nitrogens with one attached hydrogen (secondary N) is 2. The lowest BCUT2D eigenvalue weighted by molar-refractivity contribution is -0.151. The van der Waals surface area contributed by atoms with E-state index in [1.165, 1.54) is 6.07 Å². The molecular formula is C16H14FN3O4. The van der Waals surface area contributed by atoms with Gasteiger partial charge in [0.05, 0.1) is 11.1 Å². The van der Waals surface area contributed by atoms with Crippen LogP contribution in [-0.2, 0) is 22.6 Å². The van der Waals surface area contributed by atoms with Crippen molar-refractivity contribution in [2.24, 2.45) is 0 Å². The average molecular weight is 331 g/mol. The summed E-state index contributed by atoms with van der Waals surface area (Å²) in [4.78, 5) is 49.0. The molecule has 1 aromatic carbocycles. The van der Waals surface area contributed by atoms with Gasteiger partial charge in [0.1, 0.15) is 0 Å². The summed E-state index contributed by atoms with van der Waals surface area (Å²) in [5, 5.41) is 5.03. The molecule has 3 heterocycles. The van der Waals surface area contributed by atoms with Gasteiger partial charge in [-0.05, 0) is 30.2 Å². The van der Waals surface area contributed by atoms with Gasteiger partial charge in [-0.2, -0.15) is 0 Å².